The fraction of sp³-hybridized carbons (Fsp3) is 0.333. The second kappa shape index (κ2) is 6.23. The molecule has 0 saturated heterocycles. The third kappa shape index (κ3) is 3.38. The molecule has 1 aromatic carbocycles. The molecule has 0 spiro atoms. The second-order valence-electron chi connectivity index (χ2n) is 4.50. The molecule has 0 radical (unpaired) electrons. The van der Waals surface area contributed by atoms with E-state index in [2.05, 4.69) is 10.3 Å². The lowest BCUT2D eigenvalue weighted by atomic mass is 10.1. The first-order valence-corrected chi connectivity index (χ1v) is 6.45. The minimum absolute atomic E-state index is 0.225. The van der Waals surface area contributed by atoms with Gasteiger partial charge in [0.1, 0.15) is 5.75 Å². The fourth-order valence-corrected chi connectivity index (χ4v) is 1.93. The van der Waals surface area contributed by atoms with E-state index in [1.165, 1.54) is 0 Å². The Morgan fingerprint density at radius 1 is 1.30 bits per heavy atom. The summed E-state index contributed by atoms with van der Waals surface area (Å²) < 4.78 is 10.4. The van der Waals surface area contributed by atoms with Crippen molar-refractivity contribution in [2.45, 2.75) is 20.3 Å². The third-order valence-electron chi connectivity index (χ3n) is 2.97. The topological polar surface area (TPSA) is 64.4 Å². The highest BCUT2D eigenvalue weighted by Crippen LogP contribution is 2.12. The molecular formula is C15H18N2O3. The van der Waals surface area contributed by atoms with Crippen LogP contribution < -0.4 is 10.1 Å². The SMILES string of the molecule is COc1ccc(CCNC(=O)c2oc(C)nc2C)cc1. The van der Waals surface area contributed by atoms with Gasteiger partial charge in [-0.05, 0) is 31.0 Å². The van der Waals surface area contributed by atoms with Crippen molar-refractivity contribution in [1.29, 1.82) is 0 Å². The summed E-state index contributed by atoms with van der Waals surface area (Å²) in [6.07, 6.45) is 0.752. The number of aromatic nitrogens is 1. The van der Waals surface area contributed by atoms with Crippen molar-refractivity contribution in [3.8, 4) is 5.75 Å². The van der Waals surface area contributed by atoms with E-state index in [1.54, 1.807) is 21.0 Å². The number of ether oxygens (including phenoxy) is 1. The molecule has 2 aromatic rings. The van der Waals surface area contributed by atoms with Crippen LogP contribution in [0.1, 0.15) is 27.7 Å². The van der Waals surface area contributed by atoms with Gasteiger partial charge in [0.15, 0.2) is 5.89 Å². The molecule has 0 aliphatic rings. The zero-order chi connectivity index (χ0) is 14.5. The summed E-state index contributed by atoms with van der Waals surface area (Å²) in [7, 11) is 1.64. The molecule has 0 saturated carbocycles. The number of benzene rings is 1. The Balaban J connectivity index is 1.86. The summed E-state index contributed by atoms with van der Waals surface area (Å²) in [5.41, 5.74) is 1.75. The number of amides is 1. The van der Waals surface area contributed by atoms with Gasteiger partial charge in [-0.3, -0.25) is 4.79 Å². The number of nitrogens with zero attached hydrogens (tertiary/aromatic N) is 1. The number of hydrogen-bond donors (Lipinski definition) is 1. The number of nitrogens with one attached hydrogen (secondary N) is 1. The smallest absolute Gasteiger partial charge is 0.289 e. The summed E-state index contributed by atoms with van der Waals surface area (Å²) in [6.45, 7) is 4.03. The minimum atomic E-state index is -0.225. The first-order chi connectivity index (χ1) is 9.60. The number of oxazole rings is 1. The van der Waals surface area contributed by atoms with Crippen molar-refractivity contribution in [1.82, 2.24) is 10.3 Å². The molecule has 0 aliphatic heterocycles. The van der Waals surface area contributed by atoms with Crippen LogP contribution in [0.2, 0.25) is 0 Å². The summed E-state index contributed by atoms with van der Waals surface area (Å²) in [5, 5.41) is 2.83. The van der Waals surface area contributed by atoms with E-state index in [4.69, 9.17) is 9.15 Å². The Bertz CT molecular complexity index is 588. The van der Waals surface area contributed by atoms with Crippen LogP contribution in [0, 0.1) is 13.8 Å². The Hall–Kier alpha value is -2.30. The van der Waals surface area contributed by atoms with Gasteiger partial charge in [0.2, 0.25) is 5.76 Å². The summed E-state index contributed by atoms with van der Waals surface area (Å²) in [5.74, 6) is 1.39. The molecule has 1 heterocycles. The molecule has 0 bridgehead atoms. The van der Waals surface area contributed by atoms with Gasteiger partial charge in [-0.2, -0.15) is 0 Å². The molecule has 0 atom stereocenters. The van der Waals surface area contributed by atoms with Gasteiger partial charge in [0, 0.05) is 13.5 Å². The van der Waals surface area contributed by atoms with Crippen molar-refractivity contribution < 1.29 is 13.9 Å². The molecule has 0 unspecified atom stereocenters. The standard InChI is InChI=1S/C15H18N2O3/c1-10-14(20-11(2)17-10)15(18)16-9-8-12-4-6-13(19-3)7-5-12/h4-7H,8-9H2,1-3H3,(H,16,18). The van der Waals surface area contributed by atoms with E-state index in [1.807, 2.05) is 24.3 Å². The van der Waals surface area contributed by atoms with E-state index < -0.39 is 0 Å². The lowest BCUT2D eigenvalue weighted by Crippen LogP contribution is -2.25. The molecule has 20 heavy (non-hydrogen) atoms. The average molecular weight is 274 g/mol. The van der Waals surface area contributed by atoms with Gasteiger partial charge in [0.25, 0.3) is 5.91 Å². The average Bonchev–Trinajstić information content (AvgIpc) is 2.78. The zero-order valence-electron chi connectivity index (χ0n) is 11.9. The number of carbonyl (C=O) groups is 1. The highest BCUT2D eigenvalue weighted by molar-refractivity contribution is 5.92. The van der Waals surface area contributed by atoms with Crippen molar-refractivity contribution >= 4 is 5.91 Å². The predicted molar refractivity (Wildman–Crippen MR) is 75.0 cm³/mol. The highest BCUT2D eigenvalue weighted by atomic mass is 16.5. The van der Waals surface area contributed by atoms with Crippen LogP contribution in [-0.4, -0.2) is 24.5 Å². The predicted octanol–water partition coefficient (Wildman–Crippen LogP) is 2.27. The first kappa shape index (κ1) is 14.1. The third-order valence-corrected chi connectivity index (χ3v) is 2.97. The lowest BCUT2D eigenvalue weighted by molar-refractivity contribution is 0.0924. The number of hydrogen-bond acceptors (Lipinski definition) is 4. The van der Waals surface area contributed by atoms with Crippen LogP contribution >= 0.6 is 0 Å². The van der Waals surface area contributed by atoms with Crippen LogP contribution in [0.5, 0.6) is 5.75 Å². The Labute approximate surface area is 118 Å². The quantitative estimate of drug-likeness (QED) is 0.908. The van der Waals surface area contributed by atoms with E-state index in [-0.39, 0.29) is 11.7 Å². The van der Waals surface area contributed by atoms with Gasteiger partial charge in [-0.1, -0.05) is 12.1 Å². The first-order valence-electron chi connectivity index (χ1n) is 6.45. The summed E-state index contributed by atoms with van der Waals surface area (Å²) in [4.78, 5) is 16.0. The second-order valence-corrected chi connectivity index (χ2v) is 4.50. The monoisotopic (exact) mass is 274 g/mol. The molecule has 5 heteroatoms. The van der Waals surface area contributed by atoms with Gasteiger partial charge < -0.3 is 14.5 Å². The van der Waals surface area contributed by atoms with Crippen molar-refractivity contribution in [2.24, 2.45) is 0 Å². The van der Waals surface area contributed by atoms with E-state index in [0.29, 0.717) is 18.1 Å². The molecule has 2 rings (SSSR count). The van der Waals surface area contributed by atoms with E-state index >= 15 is 0 Å². The maximum atomic E-state index is 11.9. The van der Waals surface area contributed by atoms with Crippen molar-refractivity contribution in [3.63, 3.8) is 0 Å². The van der Waals surface area contributed by atoms with Crippen LogP contribution in [0.4, 0.5) is 0 Å². The van der Waals surface area contributed by atoms with Crippen LogP contribution in [0.15, 0.2) is 28.7 Å². The lowest BCUT2D eigenvalue weighted by Gasteiger charge is -2.05. The highest BCUT2D eigenvalue weighted by Gasteiger charge is 2.14. The van der Waals surface area contributed by atoms with Crippen LogP contribution in [0.25, 0.3) is 0 Å². The maximum Gasteiger partial charge on any atom is 0.289 e. The van der Waals surface area contributed by atoms with Crippen molar-refractivity contribution in [2.75, 3.05) is 13.7 Å². The van der Waals surface area contributed by atoms with Gasteiger partial charge in [0.05, 0.1) is 12.8 Å². The largest absolute Gasteiger partial charge is 0.497 e. The van der Waals surface area contributed by atoms with Gasteiger partial charge >= 0.3 is 0 Å². The number of aryl methyl sites for hydroxylation is 2. The number of carbonyl (C=O) groups excluding carboxylic acids is 1. The molecule has 1 amide bonds. The molecule has 1 N–H and O–H groups in total. The summed E-state index contributed by atoms with van der Waals surface area (Å²) >= 11 is 0. The zero-order valence-corrected chi connectivity index (χ0v) is 11.9. The van der Waals surface area contributed by atoms with E-state index in [0.717, 1.165) is 17.7 Å². The normalized spacial score (nSPS) is 10.3. The van der Waals surface area contributed by atoms with Crippen LogP contribution in [-0.2, 0) is 6.42 Å². The van der Waals surface area contributed by atoms with Crippen LogP contribution in [0.3, 0.4) is 0 Å². The fourth-order valence-electron chi connectivity index (χ4n) is 1.93. The maximum absolute atomic E-state index is 11.9. The van der Waals surface area contributed by atoms with E-state index in [9.17, 15) is 4.79 Å². The molecule has 5 nitrogen and oxygen atoms in total. The number of methoxy groups -OCH3 is 1. The molecule has 1 aromatic heterocycles. The van der Waals surface area contributed by atoms with Gasteiger partial charge in [-0.25, -0.2) is 4.98 Å². The molecule has 0 aliphatic carbocycles. The Morgan fingerprint density at radius 2 is 2.00 bits per heavy atom. The van der Waals surface area contributed by atoms with Crippen molar-refractivity contribution in [3.05, 3.63) is 47.2 Å². The molecular weight excluding hydrogens is 256 g/mol. The Morgan fingerprint density at radius 3 is 2.55 bits per heavy atom. The Kier molecular flexibility index (Phi) is 4.40. The number of rotatable bonds is 5. The minimum Gasteiger partial charge on any atom is -0.497 e. The summed E-state index contributed by atoms with van der Waals surface area (Å²) in [6, 6.07) is 7.77. The molecule has 106 valence electrons. The van der Waals surface area contributed by atoms with Gasteiger partial charge in [-0.15, -0.1) is 0 Å². The molecule has 0 fully saturated rings.